The average Bonchev–Trinajstić information content (AvgIpc) is 3.24. The highest BCUT2D eigenvalue weighted by Gasteiger charge is 2.35. The number of hydrogen-bond acceptors (Lipinski definition) is 4. The summed E-state index contributed by atoms with van der Waals surface area (Å²) >= 11 is 6.49. The molecule has 0 bridgehead atoms. The van der Waals surface area contributed by atoms with Crippen molar-refractivity contribution < 1.29 is 9.18 Å². The number of anilines is 1. The molecule has 2 aromatic carbocycles. The minimum atomic E-state index is -0.140. The van der Waals surface area contributed by atoms with Crippen molar-refractivity contribution in [3.8, 4) is 0 Å². The fourth-order valence-corrected chi connectivity index (χ4v) is 6.86. The van der Waals surface area contributed by atoms with Gasteiger partial charge in [-0.3, -0.25) is 14.6 Å². The summed E-state index contributed by atoms with van der Waals surface area (Å²) in [7, 11) is 0. The zero-order chi connectivity index (χ0) is 26.3. The van der Waals surface area contributed by atoms with Gasteiger partial charge in [0, 0.05) is 69.8 Å². The summed E-state index contributed by atoms with van der Waals surface area (Å²) in [5.41, 5.74) is 1.88. The third-order valence-electron chi connectivity index (χ3n) is 8.79. The summed E-state index contributed by atoms with van der Waals surface area (Å²) in [6.07, 6.45) is 7.40. The van der Waals surface area contributed by atoms with Crippen LogP contribution in [0.1, 0.15) is 50.5 Å². The quantitative estimate of drug-likeness (QED) is 0.452. The zero-order valence-corrected chi connectivity index (χ0v) is 23.3. The summed E-state index contributed by atoms with van der Waals surface area (Å²) < 4.78 is 14.4. The molecule has 0 spiro atoms. The topological polar surface area (TPSA) is 30.0 Å². The van der Waals surface area contributed by atoms with Crippen LogP contribution in [0.5, 0.6) is 0 Å². The molecule has 0 aliphatic carbocycles. The molecule has 1 amide bonds. The highest BCUT2D eigenvalue weighted by Crippen LogP contribution is 2.30. The molecule has 3 aliphatic heterocycles. The molecule has 2 aromatic rings. The van der Waals surface area contributed by atoms with E-state index >= 15 is 0 Å². The number of nitrogens with zero attached hydrogens (tertiary/aromatic N) is 4. The first-order valence-corrected chi connectivity index (χ1v) is 14.9. The number of carbonyl (C=O) groups is 1. The average molecular weight is 541 g/mol. The Morgan fingerprint density at radius 1 is 0.868 bits per heavy atom. The van der Waals surface area contributed by atoms with Gasteiger partial charge in [0.05, 0.1) is 5.69 Å². The summed E-state index contributed by atoms with van der Waals surface area (Å²) in [6.45, 7) is 8.23. The lowest BCUT2D eigenvalue weighted by Crippen LogP contribution is -2.57. The van der Waals surface area contributed by atoms with Crippen LogP contribution in [0.25, 0.3) is 0 Å². The second-order valence-corrected chi connectivity index (χ2v) is 11.7. The monoisotopic (exact) mass is 540 g/mol. The zero-order valence-electron chi connectivity index (χ0n) is 22.5. The van der Waals surface area contributed by atoms with E-state index in [9.17, 15) is 9.18 Å². The second kappa shape index (κ2) is 13.3. The normalized spacial score (nSPS) is 23.8. The molecule has 38 heavy (non-hydrogen) atoms. The smallest absolute Gasteiger partial charge is 0.222 e. The molecule has 7 heteroatoms. The van der Waals surface area contributed by atoms with Crippen LogP contribution in [0.4, 0.5) is 10.1 Å². The van der Waals surface area contributed by atoms with E-state index in [1.54, 1.807) is 12.1 Å². The Kier molecular flexibility index (Phi) is 9.58. The van der Waals surface area contributed by atoms with Crippen LogP contribution in [0.15, 0.2) is 48.5 Å². The first-order valence-electron chi connectivity index (χ1n) is 14.6. The van der Waals surface area contributed by atoms with Crippen LogP contribution < -0.4 is 4.90 Å². The van der Waals surface area contributed by atoms with Gasteiger partial charge in [0.2, 0.25) is 5.91 Å². The van der Waals surface area contributed by atoms with Gasteiger partial charge in [-0.2, -0.15) is 0 Å². The fourth-order valence-electron chi connectivity index (χ4n) is 6.66. The van der Waals surface area contributed by atoms with Gasteiger partial charge in [0.25, 0.3) is 0 Å². The number of likely N-dealkylation sites (tertiary alicyclic amines) is 2. The van der Waals surface area contributed by atoms with E-state index in [1.807, 2.05) is 24.3 Å². The number of amides is 1. The SMILES string of the molecule is O=C(CC[C@@H]1CN(Cc2ccccc2Cl)CC[C@@H]1N1CCN(c2ccccc2F)CC1)N1CCCCCC1. The molecule has 2 atom stereocenters. The third kappa shape index (κ3) is 6.88. The summed E-state index contributed by atoms with van der Waals surface area (Å²) in [6, 6.07) is 15.7. The Labute approximate surface area is 232 Å². The van der Waals surface area contributed by atoms with Crippen LogP contribution in [0.3, 0.4) is 0 Å². The molecule has 5 rings (SSSR count). The van der Waals surface area contributed by atoms with Crippen molar-refractivity contribution in [1.82, 2.24) is 14.7 Å². The van der Waals surface area contributed by atoms with Crippen LogP contribution in [0.2, 0.25) is 5.02 Å². The fraction of sp³-hybridized carbons (Fsp3) is 0.581. The Balaban J connectivity index is 1.23. The maximum Gasteiger partial charge on any atom is 0.222 e. The van der Waals surface area contributed by atoms with Gasteiger partial charge < -0.3 is 9.80 Å². The molecule has 0 unspecified atom stereocenters. The van der Waals surface area contributed by atoms with Gasteiger partial charge in [-0.25, -0.2) is 4.39 Å². The van der Waals surface area contributed by atoms with Crippen molar-refractivity contribution in [1.29, 1.82) is 0 Å². The van der Waals surface area contributed by atoms with E-state index < -0.39 is 0 Å². The number of rotatable bonds is 7. The van der Waals surface area contributed by atoms with Crippen LogP contribution in [-0.4, -0.2) is 79.0 Å². The molecule has 3 fully saturated rings. The Bertz CT molecular complexity index is 1050. The summed E-state index contributed by atoms with van der Waals surface area (Å²) in [4.78, 5) is 22.6. The van der Waals surface area contributed by atoms with Gasteiger partial charge in [0.1, 0.15) is 5.82 Å². The standard InChI is InChI=1S/C31H42ClFN4O/c32-27-10-4-3-9-25(27)23-34-18-15-29(26(24-34)13-14-31(38)37-16-7-1-2-8-17-37)35-19-21-36(22-20-35)30-12-6-5-11-28(30)33/h3-6,9-12,26,29H,1-2,7-8,13-24H2/t26-,29+/m1/s1. The lowest BCUT2D eigenvalue weighted by molar-refractivity contribution is -0.131. The Hall–Kier alpha value is -2.15. The number of para-hydroxylation sites is 1. The number of piperazine rings is 1. The van der Waals surface area contributed by atoms with Crippen LogP contribution in [-0.2, 0) is 11.3 Å². The van der Waals surface area contributed by atoms with Crippen molar-refractivity contribution >= 4 is 23.2 Å². The first-order chi connectivity index (χ1) is 18.6. The van der Waals surface area contributed by atoms with Crippen LogP contribution >= 0.6 is 11.6 Å². The van der Waals surface area contributed by atoms with Gasteiger partial charge in [-0.15, -0.1) is 0 Å². The first kappa shape index (κ1) is 27.4. The molecule has 0 N–H and O–H groups in total. The highest BCUT2D eigenvalue weighted by molar-refractivity contribution is 6.31. The maximum atomic E-state index is 14.4. The molecular formula is C31H42ClFN4O. The Morgan fingerprint density at radius 3 is 2.32 bits per heavy atom. The second-order valence-electron chi connectivity index (χ2n) is 11.3. The van der Waals surface area contributed by atoms with Crippen molar-refractivity contribution in [2.24, 2.45) is 5.92 Å². The summed E-state index contributed by atoms with van der Waals surface area (Å²) in [5.74, 6) is 0.624. The van der Waals surface area contributed by atoms with Crippen molar-refractivity contribution in [2.45, 2.75) is 57.5 Å². The molecule has 3 aliphatic rings. The van der Waals surface area contributed by atoms with Crippen LogP contribution in [0, 0.1) is 11.7 Å². The Morgan fingerprint density at radius 2 is 1.58 bits per heavy atom. The van der Waals surface area contributed by atoms with Gasteiger partial charge in [-0.1, -0.05) is 54.8 Å². The third-order valence-corrected chi connectivity index (χ3v) is 9.16. The maximum absolute atomic E-state index is 14.4. The number of benzene rings is 2. The lowest BCUT2D eigenvalue weighted by Gasteiger charge is -2.47. The molecule has 0 saturated carbocycles. The van der Waals surface area contributed by atoms with Crippen molar-refractivity contribution in [3.05, 3.63) is 64.9 Å². The molecule has 5 nitrogen and oxygen atoms in total. The van der Waals surface area contributed by atoms with E-state index in [0.29, 0.717) is 30.0 Å². The van der Waals surface area contributed by atoms with Gasteiger partial charge in [0.15, 0.2) is 0 Å². The molecule has 0 aromatic heterocycles. The van der Waals surface area contributed by atoms with Gasteiger partial charge in [-0.05, 0) is 61.9 Å². The predicted molar refractivity (Wildman–Crippen MR) is 153 cm³/mol. The van der Waals surface area contributed by atoms with Crippen molar-refractivity contribution in [2.75, 3.05) is 57.3 Å². The molecule has 3 heterocycles. The largest absolute Gasteiger partial charge is 0.367 e. The van der Waals surface area contributed by atoms with Crippen molar-refractivity contribution in [3.63, 3.8) is 0 Å². The lowest BCUT2D eigenvalue weighted by atomic mass is 9.86. The number of halogens is 2. The van der Waals surface area contributed by atoms with E-state index in [4.69, 9.17) is 11.6 Å². The summed E-state index contributed by atoms with van der Waals surface area (Å²) in [5, 5.41) is 0.826. The number of hydrogen-bond donors (Lipinski definition) is 0. The van der Waals surface area contributed by atoms with E-state index in [0.717, 1.165) is 89.6 Å². The minimum Gasteiger partial charge on any atom is -0.367 e. The molecule has 206 valence electrons. The molecule has 3 saturated heterocycles. The molecular weight excluding hydrogens is 499 g/mol. The van der Waals surface area contributed by atoms with E-state index in [2.05, 4.69) is 31.7 Å². The van der Waals surface area contributed by atoms with E-state index in [1.165, 1.54) is 18.4 Å². The number of piperidine rings is 1. The van der Waals surface area contributed by atoms with E-state index in [-0.39, 0.29) is 5.82 Å². The minimum absolute atomic E-state index is 0.140. The number of carbonyl (C=O) groups excluding carboxylic acids is 1. The van der Waals surface area contributed by atoms with Gasteiger partial charge >= 0.3 is 0 Å². The predicted octanol–water partition coefficient (Wildman–Crippen LogP) is 5.67. The highest BCUT2D eigenvalue weighted by atomic mass is 35.5. The molecule has 0 radical (unpaired) electrons.